The number of piperidine rings is 1. The first kappa shape index (κ1) is 13.4. The van der Waals surface area contributed by atoms with Gasteiger partial charge >= 0.3 is 0 Å². The Balaban J connectivity index is 1.88. The zero-order valence-electron chi connectivity index (χ0n) is 11.1. The summed E-state index contributed by atoms with van der Waals surface area (Å²) in [5.41, 5.74) is 1.29. The molecule has 1 heterocycles. The molecule has 3 heteroatoms. The Hall–Kier alpha value is -1.06. The molecule has 1 aromatic carbocycles. The van der Waals surface area contributed by atoms with E-state index in [1.165, 1.54) is 5.56 Å². The van der Waals surface area contributed by atoms with Crippen LogP contribution in [0, 0.1) is 0 Å². The van der Waals surface area contributed by atoms with Crippen molar-refractivity contribution in [3.05, 3.63) is 29.8 Å². The van der Waals surface area contributed by atoms with E-state index in [2.05, 4.69) is 30.0 Å². The summed E-state index contributed by atoms with van der Waals surface area (Å²) >= 11 is 0. The molecule has 0 bridgehead atoms. The molecule has 1 aliphatic rings. The molecular formula is C15H23NO2. The highest BCUT2D eigenvalue weighted by atomic mass is 16.5. The van der Waals surface area contributed by atoms with Gasteiger partial charge in [0.25, 0.3) is 0 Å². The molecular weight excluding hydrogens is 226 g/mol. The van der Waals surface area contributed by atoms with Crippen molar-refractivity contribution in [3.8, 4) is 5.75 Å². The average Bonchev–Trinajstić information content (AvgIpc) is 2.40. The number of ether oxygens (including phenoxy) is 1. The zero-order chi connectivity index (χ0) is 12.8. The van der Waals surface area contributed by atoms with Crippen LogP contribution in [0.3, 0.4) is 0 Å². The average molecular weight is 249 g/mol. The number of aliphatic hydroxyl groups excluding tert-OH is 1. The SMILES string of the molecule is CCCOc1cccc(CN2CCC(O)CC2)c1. The second-order valence-electron chi connectivity index (χ2n) is 5.00. The Morgan fingerprint density at radius 1 is 1.33 bits per heavy atom. The molecule has 0 saturated carbocycles. The molecule has 1 aromatic rings. The highest BCUT2D eigenvalue weighted by Crippen LogP contribution is 2.17. The van der Waals surface area contributed by atoms with Crippen LogP contribution in [0.1, 0.15) is 31.7 Å². The summed E-state index contributed by atoms with van der Waals surface area (Å²) in [7, 11) is 0. The van der Waals surface area contributed by atoms with Crippen LogP contribution in [0.25, 0.3) is 0 Å². The van der Waals surface area contributed by atoms with Crippen LogP contribution in [0.2, 0.25) is 0 Å². The van der Waals surface area contributed by atoms with Gasteiger partial charge in [-0.25, -0.2) is 0 Å². The highest BCUT2D eigenvalue weighted by molar-refractivity contribution is 5.28. The van der Waals surface area contributed by atoms with Crippen LogP contribution in [-0.2, 0) is 6.54 Å². The number of benzene rings is 1. The molecule has 0 radical (unpaired) electrons. The van der Waals surface area contributed by atoms with Gasteiger partial charge in [-0.15, -0.1) is 0 Å². The molecule has 0 atom stereocenters. The van der Waals surface area contributed by atoms with Gasteiger partial charge in [-0.3, -0.25) is 4.90 Å². The predicted octanol–water partition coefficient (Wildman–Crippen LogP) is 2.43. The van der Waals surface area contributed by atoms with Gasteiger partial charge in [-0.05, 0) is 37.0 Å². The van der Waals surface area contributed by atoms with E-state index in [9.17, 15) is 5.11 Å². The number of rotatable bonds is 5. The van der Waals surface area contributed by atoms with E-state index in [4.69, 9.17) is 4.74 Å². The topological polar surface area (TPSA) is 32.7 Å². The van der Waals surface area contributed by atoms with Gasteiger partial charge in [-0.1, -0.05) is 19.1 Å². The fourth-order valence-corrected chi connectivity index (χ4v) is 2.29. The third kappa shape index (κ3) is 4.00. The first-order chi connectivity index (χ1) is 8.78. The predicted molar refractivity (Wildman–Crippen MR) is 72.7 cm³/mol. The van der Waals surface area contributed by atoms with Crippen molar-refractivity contribution < 1.29 is 9.84 Å². The van der Waals surface area contributed by atoms with Gasteiger partial charge in [0.2, 0.25) is 0 Å². The molecule has 18 heavy (non-hydrogen) atoms. The maximum atomic E-state index is 9.49. The van der Waals surface area contributed by atoms with E-state index in [0.717, 1.165) is 51.3 Å². The maximum Gasteiger partial charge on any atom is 0.119 e. The number of hydrogen-bond donors (Lipinski definition) is 1. The Morgan fingerprint density at radius 2 is 2.11 bits per heavy atom. The standard InChI is InChI=1S/C15H23NO2/c1-2-10-18-15-5-3-4-13(11-15)12-16-8-6-14(17)7-9-16/h3-5,11,14,17H,2,6-10,12H2,1H3. The van der Waals surface area contributed by atoms with Crippen LogP contribution in [0.5, 0.6) is 5.75 Å². The van der Waals surface area contributed by atoms with E-state index in [1.807, 2.05) is 6.07 Å². The van der Waals surface area contributed by atoms with Crippen molar-refractivity contribution in [1.82, 2.24) is 4.90 Å². The lowest BCUT2D eigenvalue weighted by atomic mass is 10.1. The van der Waals surface area contributed by atoms with Crippen molar-refractivity contribution in [1.29, 1.82) is 0 Å². The molecule has 1 N–H and O–H groups in total. The number of hydrogen-bond acceptors (Lipinski definition) is 3. The summed E-state index contributed by atoms with van der Waals surface area (Å²) in [5.74, 6) is 0.964. The van der Waals surface area contributed by atoms with Gasteiger partial charge in [0.05, 0.1) is 12.7 Å². The van der Waals surface area contributed by atoms with Crippen molar-refractivity contribution in [2.75, 3.05) is 19.7 Å². The lowest BCUT2D eigenvalue weighted by Crippen LogP contribution is -2.35. The fraction of sp³-hybridized carbons (Fsp3) is 0.600. The van der Waals surface area contributed by atoms with Gasteiger partial charge < -0.3 is 9.84 Å². The first-order valence-corrected chi connectivity index (χ1v) is 6.90. The largest absolute Gasteiger partial charge is 0.494 e. The lowest BCUT2D eigenvalue weighted by molar-refractivity contribution is 0.0792. The smallest absolute Gasteiger partial charge is 0.119 e. The van der Waals surface area contributed by atoms with Crippen molar-refractivity contribution >= 4 is 0 Å². The van der Waals surface area contributed by atoms with Crippen LogP contribution < -0.4 is 4.74 Å². The minimum absolute atomic E-state index is 0.0968. The Labute approximate surface area is 109 Å². The molecule has 1 fully saturated rings. The van der Waals surface area contributed by atoms with Crippen LogP contribution in [-0.4, -0.2) is 35.8 Å². The number of nitrogens with zero attached hydrogens (tertiary/aromatic N) is 1. The summed E-state index contributed by atoms with van der Waals surface area (Å²) in [4.78, 5) is 2.39. The summed E-state index contributed by atoms with van der Waals surface area (Å²) in [6.07, 6.45) is 2.73. The second kappa shape index (κ2) is 6.76. The van der Waals surface area contributed by atoms with Gasteiger partial charge in [0.15, 0.2) is 0 Å². The Kier molecular flexibility index (Phi) is 5.02. The van der Waals surface area contributed by atoms with E-state index in [0.29, 0.717) is 0 Å². The van der Waals surface area contributed by atoms with Crippen LogP contribution in [0.4, 0.5) is 0 Å². The summed E-state index contributed by atoms with van der Waals surface area (Å²) in [5, 5.41) is 9.49. The normalized spacial score (nSPS) is 17.9. The number of aliphatic hydroxyl groups is 1. The molecule has 2 rings (SSSR count). The molecule has 0 unspecified atom stereocenters. The van der Waals surface area contributed by atoms with E-state index in [-0.39, 0.29) is 6.10 Å². The summed E-state index contributed by atoms with van der Waals surface area (Å²) < 4.78 is 5.64. The van der Waals surface area contributed by atoms with Crippen LogP contribution in [0.15, 0.2) is 24.3 Å². The minimum Gasteiger partial charge on any atom is -0.494 e. The van der Waals surface area contributed by atoms with Crippen molar-refractivity contribution in [2.45, 2.75) is 38.8 Å². The van der Waals surface area contributed by atoms with Gasteiger partial charge in [0, 0.05) is 19.6 Å². The second-order valence-corrected chi connectivity index (χ2v) is 5.00. The Morgan fingerprint density at radius 3 is 2.83 bits per heavy atom. The third-order valence-corrected chi connectivity index (χ3v) is 3.33. The van der Waals surface area contributed by atoms with Gasteiger partial charge in [-0.2, -0.15) is 0 Å². The number of likely N-dealkylation sites (tertiary alicyclic amines) is 1. The minimum atomic E-state index is -0.0968. The van der Waals surface area contributed by atoms with E-state index in [1.54, 1.807) is 0 Å². The van der Waals surface area contributed by atoms with Crippen molar-refractivity contribution in [2.24, 2.45) is 0 Å². The highest BCUT2D eigenvalue weighted by Gasteiger charge is 2.16. The van der Waals surface area contributed by atoms with Crippen LogP contribution >= 0.6 is 0 Å². The summed E-state index contributed by atoms with van der Waals surface area (Å²) in [6.45, 7) is 5.82. The molecule has 0 aromatic heterocycles. The molecule has 1 aliphatic heterocycles. The molecule has 0 aliphatic carbocycles. The lowest BCUT2D eigenvalue weighted by Gasteiger charge is -2.29. The van der Waals surface area contributed by atoms with Gasteiger partial charge in [0.1, 0.15) is 5.75 Å². The third-order valence-electron chi connectivity index (χ3n) is 3.33. The molecule has 0 spiro atoms. The summed E-state index contributed by atoms with van der Waals surface area (Å²) in [6, 6.07) is 8.34. The van der Waals surface area contributed by atoms with E-state index >= 15 is 0 Å². The first-order valence-electron chi connectivity index (χ1n) is 6.90. The molecule has 1 saturated heterocycles. The Bertz CT molecular complexity index is 359. The molecule has 3 nitrogen and oxygen atoms in total. The molecule has 100 valence electrons. The van der Waals surface area contributed by atoms with E-state index < -0.39 is 0 Å². The quantitative estimate of drug-likeness (QED) is 0.870. The monoisotopic (exact) mass is 249 g/mol. The molecule has 0 amide bonds. The fourth-order valence-electron chi connectivity index (χ4n) is 2.29. The maximum absolute atomic E-state index is 9.49. The van der Waals surface area contributed by atoms with Crippen molar-refractivity contribution in [3.63, 3.8) is 0 Å². The zero-order valence-corrected chi connectivity index (χ0v) is 11.1.